The summed E-state index contributed by atoms with van der Waals surface area (Å²) < 4.78 is 81.2. The van der Waals surface area contributed by atoms with Crippen LogP contribution in [0.3, 0.4) is 0 Å². The van der Waals surface area contributed by atoms with E-state index in [4.69, 9.17) is 5.73 Å². The van der Waals surface area contributed by atoms with Crippen LogP contribution in [0.4, 0.5) is 26.3 Å². The van der Waals surface area contributed by atoms with Crippen LogP contribution in [0.5, 0.6) is 0 Å². The molecule has 1 aromatic heterocycles. The highest BCUT2D eigenvalue weighted by atomic mass is 32.2. The number of hydrogen-bond acceptors (Lipinski definition) is 6. The minimum atomic E-state index is -4.99. The number of alkyl halides is 6. The molecule has 0 spiro atoms. The maximum Gasteiger partial charge on any atom is 0.416 e. The summed E-state index contributed by atoms with van der Waals surface area (Å²) in [5, 5.41) is 5.25. The number of aromatic nitrogens is 2. The van der Waals surface area contributed by atoms with Crippen molar-refractivity contribution in [1.29, 1.82) is 0 Å². The van der Waals surface area contributed by atoms with Gasteiger partial charge in [0.25, 0.3) is 5.91 Å². The predicted molar refractivity (Wildman–Crippen MR) is 145 cm³/mol. The van der Waals surface area contributed by atoms with Crippen LogP contribution in [0, 0.1) is 0 Å². The molecule has 222 valence electrons. The van der Waals surface area contributed by atoms with Gasteiger partial charge < -0.3 is 10.6 Å². The third-order valence-electron chi connectivity index (χ3n) is 7.11. The molecule has 42 heavy (non-hydrogen) atoms. The van der Waals surface area contributed by atoms with Crippen molar-refractivity contribution in [2.45, 2.75) is 31.4 Å². The Morgan fingerprint density at radius 1 is 1.14 bits per heavy atom. The van der Waals surface area contributed by atoms with Gasteiger partial charge in [-0.3, -0.25) is 19.2 Å². The quantitative estimate of drug-likeness (QED) is 0.324. The average molecular weight is 611 g/mol. The number of hydrogen-bond donors (Lipinski definition) is 1. The SMILES string of the molecule is CN(C1=NC(=O)/C(=C/c2ccc3c(cnn3Cc3ccc(C(F)(F)F)cc3C(F)(F)F)c2)S1)[C@@H]1CCN(CC(N)=O)C1. The van der Waals surface area contributed by atoms with E-state index in [2.05, 4.69) is 10.1 Å². The second kappa shape index (κ2) is 11.1. The number of fused-ring (bicyclic) bond motifs is 1. The van der Waals surface area contributed by atoms with Gasteiger partial charge in [-0.2, -0.15) is 36.4 Å². The van der Waals surface area contributed by atoms with Crippen LogP contribution in [0.1, 0.15) is 28.7 Å². The van der Waals surface area contributed by atoms with Crippen LogP contribution in [0.25, 0.3) is 17.0 Å². The van der Waals surface area contributed by atoms with E-state index in [1.807, 2.05) is 16.8 Å². The number of thioether (sulfide) groups is 1. The third-order valence-corrected chi connectivity index (χ3v) is 8.19. The molecule has 2 aromatic carbocycles. The molecule has 0 saturated carbocycles. The maximum absolute atomic E-state index is 13.6. The number of carbonyl (C=O) groups excluding carboxylic acids is 2. The topological polar surface area (TPSA) is 96.8 Å². The fourth-order valence-electron chi connectivity index (χ4n) is 4.99. The zero-order valence-corrected chi connectivity index (χ0v) is 22.9. The summed E-state index contributed by atoms with van der Waals surface area (Å²) >= 11 is 1.21. The number of carbonyl (C=O) groups is 2. The lowest BCUT2D eigenvalue weighted by Crippen LogP contribution is -2.39. The van der Waals surface area contributed by atoms with Crippen molar-refractivity contribution in [3.05, 3.63) is 69.8 Å². The van der Waals surface area contributed by atoms with Gasteiger partial charge in [-0.25, -0.2) is 0 Å². The lowest BCUT2D eigenvalue weighted by molar-refractivity contribution is -0.143. The van der Waals surface area contributed by atoms with E-state index in [0.29, 0.717) is 45.7 Å². The van der Waals surface area contributed by atoms with Crippen molar-refractivity contribution in [1.82, 2.24) is 19.6 Å². The van der Waals surface area contributed by atoms with Gasteiger partial charge in [0.05, 0.1) is 40.8 Å². The van der Waals surface area contributed by atoms with Crippen molar-refractivity contribution >= 4 is 45.7 Å². The molecular weight excluding hydrogens is 586 g/mol. The van der Waals surface area contributed by atoms with Crippen molar-refractivity contribution in [2.75, 3.05) is 26.7 Å². The summed E-state index contributed by atoms with van der Waals surface area (Å²) in [7, 11) is 1.84. The van der Waals surface area contributed by atoms with Gasteiger partial charge in [0.15, 0.2) is 5.17 Å². The van der Waals surface area contributed by atoms with Gasteiger partial charge in [-0.15, -0.1) is 0 Å². The Labute approximate surface area is 239 Å². The molecule has 8 nitrogen and oxygen atoms in total. The first-order valence-electron chi connectivity index (χ1n) is 12.7. The summed E-state index contributed by atoms with van der Waals surface area (Å²) in [5.74, 6) is -0.814. The Kier molecular flexibility index (Phi) is 7.83. The molecule has 0 aliphatic carbocycles. The fourth-order valence-corrected chi connectivity index (χ4v) is 5.93. The van der Waals surface area contributed by atoms with E-state index in [-0.39, 0.29) is 24.2 Å². The van der Waals surface area contributed by atoms with E-state index >= 15 is 0 Å². The molecular formula is C27H24F6N6O2S. The van der Waals surface area contributed by atoms with Gasteiger partial charge in [0.1, 0.15) is 0 Å². The number of rotatable bonds is 6. The van der Waals surface area contributed by atoms with Crippen LogP contribution < -0.4 is 5.73 Å². The smallest absolute Gasteiger partial charge is 0.369 e. The Morgan fingerprint density at radius 3 is 2.60 bits per heavy atom. The maximum atomic E-state index is 13.6. The zero-order valence-electron chi connectivity index (χ0n) is 22.0. The van der Waals surface area contributed by atoms with Gasteiger partial charge in [-0.1, -0.05) is 12.1 Å². The minimum Gasteiger partial charge on any atom is -0.369 e. The van der Waals surface area contributed by atoms with E-state index in [1.165, 1.54) is 22.6 Å². The van der Waals surface area contributed by atoms with Crippen LogP contribution in [0.15, 0.2) is 52.5 Å². The number of primary amides is 1. The van der Waals surface area contributed by atoms with Crippen molar-refractivity contribution in [3.8, 4) is 0 Å². The summed E-state index contributed by atoms with van der Waals surface area (Å²) in [5.41, 5.74) is 3.27. The van der Waals surface area contributed by atoms with E-state index in [0.717, 1.165) is 12.5 Å². The molecule has 2 amide bonds. The van der Waals surface area contributed by atoms with Crippen molar-refractivity contribution in [3.63, 3.8) is 0 Å². The molecule has 1 saturated heterocycles. The number of benzene rings is 2. The van der Waals surface area contributed by atoms with Crippen molar-refractivity contribution in [2.24, 2.45) is 10.7 Å². The molecule has 1 atom stereocenters. The lowest BCUT2D eigenvalue weighted by atomic mass is 10.0. The third kappa shape index (κ3) is 6.31. The molecule has 0 bridgehead atoms. The second-order valence-corrected chi connectivity index (χ2v) is 11.1. The van der Waals surface area contributed by atoms with Gasteiger partial charge in [0.2, 0.25) is 5.91 Å². The van der Waals surface area contributed by atoms with E-state index in [9.17, 15) is 35.9 Å². The van der Waals surface area contributed by atoms with Gasteiger partial charge in [0, 0.05) is 31.6 Å². The molecule has 2 aliphatic heterocycles. The largest absolute Gasteiger partial charge is 0.416 e. The highest BCUT2D eigenvalue weighted by Crippen LogP contribution is 2.38. The second-order valence-electron chi connectivity index (χ2n) is 10.1. The number of nitrogens with two attached hydrogens (primary N) is 1. The number of nitrogens with zero attached hydrogens (tertiary/aromatic N) is 5. The first-order chi connectivity index (χ1) is 19.7. The van der Waals surface area contributed by atoms with E-state index < -0.39 is 41.8 Å². The Hall–Kier alpha value is -3.85. The molecule has 2 N–H and O–H groups in total. The number of amidine groups is 1. The first-order valence-corrected chi connectivity index (χ1v) is 13.5. The molecule has 3 aromatic rings. The van der Waals surface area contributed by atoms with Crippen LogP contribution in [0.2, 0.25) is 0 Å². The number of halogens is 6. The zero-order chi connectivity index (χ0) is 30.4. The van der Waals surface area contributed by atoms with Crippen LogP contribution in [-0.4, -0.2) is 69.3 Å². The van der Waals surface area contributed by atoms with Gasteiger partial charge >= 0.3 is 12.4 Å². The molecule has 3 heterocycles. The molecule has 15 heteroatoms. The minimum absolute atomic E-state index is 0.0625. The average Bonchev–Trinajstić information content (AvgIpc) is 3.61. The molecule has 1 fully saturated rings. The highest BCUT2D eigenvalue weighted by molar-refractivity contribution is 8.18. The Bertz CT molecular complexity index is 1610. The lowest BCUT2D eigenvalue weighted by Gasteiger charge is -2.25. The Balaban J connectivity index is 1.32. The van der Waals surface area contributed by atoms with Crippen LogP contribution >= 0.6 is 11.8 Å². The summed E-state index contributed by atoms with van der Waals surface area (Å²) in [6, 6.07) is 6.60. The molecule has 0 radical (unpaired) electrons. The summed E-state index contributed by atoms with van der Waals surface area (Å²) in [6.07, 6.45) is -6.02. The summed E-state index contributed by atoms with van der Waals surface area (Å²) in [6.45, 7) is 1.09. The van der Waals surface area contributed by atoms with E-state index in [1.54, 1.807) is 24.3 Å². The normalized spacial score (nSPS) is 19.2. The summed E-state index contributed by atoms with van der Waals surface area (Å²) in [4.78, 5) is 32.3. The Morgan fingerprint density at radius 2 is 1.90 bits per heavy atom. The highest BCUT2D eigenvalue weighted by Gasteiger charge is 2.38. The number of amides is 2. The molecule has 2 aliphatic rings. The van der Waals surface area contributed by atoms with Crippen molar-refractivity contribution < 1.29 is 35.9 Å². The number of aliphatic imine (C=N–C) groups is 1. The predicted octanol–water partition coefficient (Wildman–Crippen LogP) is 4.58. The van der Waals surface area contributed by atoms with Gasteiger partial charge in [-0.05, 0) is 59.7 Å². The number of likely N-dealkylation sites (N-methyl/N-ethyl adjacent to an activating group) is 1. The van der Waals surface area contributed by atoms with Crippen LogP contribution in [-0.2, 0) is 28.5 Å². The monoisotopic (exact) mass is 610 g/mol. The standard InChI is InChI=1S/C27H24F6N6O2S/c1-37(19-6-7-38(13-19)14-23(34)40)25-36-24(41)22(42-25)9-15-2-5-21-17(8-15)11-35-39(21)12-16-3-4-18(26(28,29)30)10-20(16)27(31,32)33/h2-5,8-11,19H,6-7,12-14H2,1H3,(H2,34,40)/b22-9-/t19-/m1/s1. The molecule has 0 unspecified atom stereocenters. The first kappa shape index (κ1) is 29.6. The number of likely N-dealkylation sites (tertiary alicyclic amines) is 1. The fraction of sp³-hybridized carbons (Fsp3) is 0.333. The molecule has 5 rings (SSSR count).